The fourth-order valence-electron chi connectivity index (χ4n) is 2.86. The molecule has 0 spiro atoms. The first kappa shape index (κ1) is 18.9. The normalized spacial score (nSPS) is 21.1. The molecule has 10 N–H and O–H groups in total. The Balaban J connectivity index is 1.70. The lowest BCUT2D eigenvalue weighted by atomic mass is 9.91. The van der Waals surface area contributed by atoms with Crippen LogP contribution in [-0.2, 0) is 0 Å². The number of rotatable bonds is 5. The van der Waals surface area contributed by atoms with Gasteiger partial charge in [-0.15, -0.1) is 20.5 Å². The van der Waals surface area contributed by atoms with E-state index in [2.05, 4.69) is 40.9 Å². The maximum absolute atomic E-state index is 5.80. The van der Waals surface area contributed by atoms with E-state index < -0.39 is 5.66 Å². The molecule has 1 aromatic carbocycles. The first-order valence-corrected chi connectivity index (χ1v) is 8.95. The number of anilines is 4. The molecule has 30 heavy (non-hydrogen) atoms. The average Bonchev–Trinajstić information content (AvgIpc) is 3.26. The first-order chi connectivity index (χ1) is 14.5. The summed E-state index contributed by atoms with van der Waals surface area (Å²) in [5.74, 6) is 0.684. The summed E-state index contributed by atoms with van der Waals surface area (Å²) >= 11 is 0. The number of allylic oxidation sites excluding steroid dienone is 2. The number of benzene rings is 1. The number of hydrogen-bond donors (Lipinski definition) is 6. The van der Waals surface area contributed by atoms with Crippen molar-refractivity contribution >= 4 is 34.6 Å². The van der Waals surface area contributed by atoms with E-state index in [0.717, 1.165) is 5.56 Å². The molecule has 0 aliphatic heterocycles. The van der Waals surface area contributed by atoms with Crippen molar-refractivity contribution in [2.24, 2.45) is 20.5 Å². The van der Waals surface area contributed by atoms with Crippen molar-refractivity contribution in [2.45, 2.75) is 11.6 Å². The zero-order valence-corrected chi connectivity index (χ0v) is 15.8. The average molecular weight is 404 g/mol. The summed E-state index contributed by atoms with van der Waals surface area (Å²) in [5.41, 5.74) is 23.5. The topological polar surface area (TPSA) is 211 Å². The van der Waals surface area contributed by atoms with Gasteiger partial charge in [0.2, 0.25) is 5.66 Å². The van der Waals surface area contributed by atoms with E-state index in [0.29, 0.717) is 0 Å². The predicted octanol–water partition coefficient (Wildman–Crippen LogP) is 2.94. The van der Waals surface area contributed by atoms with Crippen LogP contribution in [0.15, 0.2) is 75.1 Å². The van der Waals surface area contributed by atoms with Gasteiger partial charge in [0.05, 0.1) is 0 Å². The van der Waals surface area contributed by atoms with Gasteiger partial charge in [-0.3, -0.25) is 10.2 Å². The van der Waals surface area contributed by atoms with Crippen LogP contribution in [0.4, 0.5) is 34.6 Å². The van der Waals surface area contributed by atoms with Gasteiger partial charge in [-0.1, -0.05) is 42.5 Å². The molecule has 12 nitrogen and oxygen atoms in total. The molecular weight excluding hydrogens is 384 g/mol. The van der Waals surface area contributed by atoms with Crippen molar-refractivity contribution in [3.63, 3.8) is 0 Å². The second kappa shape index (κ2) is 7.50. The summed E-state index contributed by atoms with van der Waals surface area (Å²) in [5, 5.41) is 29.6. The SMILES string of the molecule is Nc1n[nH]c(N)c1N=NC1(N=Nc2c(N)n[nH]c2N)C=CC(c2ccccc2)C=C1. The Hall–Kier alpha value is -4.48. The quantitative estimate of drug-likeness (QED) is 0.277. The predicted molar refractivity (Wildman–Crippen MR) is 114 cm³/mol. The van der Waals surface area contributed by atoms with E-state index in [1.54, 1.807) is 12.2 Å². The van der Waals surface area contributed by atoms with Crippen LogP contribution in [0.2, 0.25) is 0 Å². The van der Waals surface area contributed by atoms with Gasteiger partial charge in [-0.05, 0) is 17.7 Å². The number of nitrogens with two attached hydrogens (primary N) is 4. The van der Waals surface area contributed by atoms with Gasteiger partial charge >= 0.3 is 0 Å². The Morgan fingerprint density at radius 1 is 0.767 bits per heavy atom. The number of nitrogens with one attached hydrogen (secondary N) is 2. The summed E-state index contributed by atoms with van der Waals surface area (Å²) in [4.78, 5) is 0. The van der Waals surface area contributed by atoms with Crippen LogP contribution in [0.25, 0.3) is 0 Å². The van der Waals surface area contributed by atoms with Gasteiger partial charge in [-0.25, -0.2) is 0 Å². The monoisotopic (exact) mass is 404 g/mol. The molecule has 0 saturated heterocycles. The fraction of sp³-hybridized carbons (Fsp3) is 0.111. The third-order valence-electron chi connectivity index (χ3n) is 4.49. The molecule has 1 aliphatic carbocycles. The fourth-order valence-corrected chi connectivity index (χ4v) is 2.86. The van der Waals surface area contributed by atoms with E-state index in [4.69, 9.17) is 22.9 Å². The van der Waals surface area contributed by atoms with Gasteiger partial charge in [-0.2, -0.15) is 10.2 Å². The van der Waals surface area contributed by atoms with E-state index in [1.807, 2.05) is 42.5 Å². The zero-order valence-electron chi connectivity index (χ0n) is 15.8. The molecule has 0 saturated carbocycles. The molecule has 1 aliphatic rings. The van der Waals surface area contributed by atoms with Crippen molar-refractivity contribution in [3.05, 3.63) is 60.2 Å². The van der Waals surface area contributed by atoms with Crippen LogP contribution in [-0.4, -0.2) is 26.1 Å². The van der Waals surface area contributed by atoms with Crippen molar-refractivity contribution in [1.29, 1.82) is 0 Å². The van der Waals surface area contributed by atoms with Crippen molar-refractivity contribution in [2.75, 3.05) is 22.9 Å². The van der Waals surface area contributed by atoms with Crippen LogP contribution in [0.3, 0.4) is 0 Å². The molecule has 4 rings (SSSR count). The number of H-pyrrole nitrogens is 2. The molecule has 152 valence electrons. The zero-order chi connectivity index (χ0) is 21.1. The Labute approximate surface area is 170 Å². The Morgan fingerprint density at radius 2 is 1.27 bits per heavy atom. The molecule has 2 heterocycles. The van der Waals surface area contributed by atoms with Gasteiger partial charge < -0.3 is 22.9 Å². The third kappa shape index (κ3) is 3.61. The molecule has 0 radical (unpaired) electrons. The summed E-state index contributed by atoms with van der Waals surface area (Å²) in [6.45, 7) is 0. The largest absolute Gasteiger partial charge is 0.382 e. The second-order valence-corrected chi connectivity index (χ2v) is 6.58. The highest BCUT2D eigenvalue weighted by Gasteiger charge is 2.28. The van der Waals surface area contributed by atoms with Crippen LogP contribution in [0.1, 0.15) is 11.5 Å². The number of aromatic nitrogens is 4. The first-order valence-electron chi connectivity index (χ1n) is 8.95. The van der Waals surface area contributed by atoms with Gasteiger partial charge in [0.25, 0.3) is 0 Å². The van der Waals surface area contributed by atoms with E-state index in [1.165, 1.54) is 0 Å². The highest BCUT2D eigenvalue weighted by atomic mass is 15.3. The smallest absolute Gasteiger partial charge is 0.228 e. The van der Waals surface area contributed by atoms with E-state index >= 15 is 0 Å². The van der Waals surface area contributed by atoms with Crippen LogP contribution in [0.5, 0.6) is 0 Å². The van der Waals surface area contributed by atoms with E-state index in [9.17, 15) is 0 Å². The molecule has 0 atom stereocenters. The molecule has 0 amide bonds. The standard InChI is InChI=1S/C18H20N12/c19-14-12(15(20)26-25-14)23-29-18(30-24-13-16(21)27-28-17(13)22)8-6-11(7-9-18)10-4-2-1-3-5-10/h1-9,11H,(H5,19,20,25,26)(H5,21,22,27,28). The maximum Gasteiger partial charge on any atom is 0.228 e. The molecule has 0 bridgehead atoms. The van der Waals surface area contributed by atoms with Crippen molar-refractivity contribution in [1.82, 2.24) is 20.4 Å². The van der Waals surface area contributed by atoms with Crippen molar-refractivity contribution < 1.29 is 0 Å². The number of nitrogen functional groups attached to an aromatic ring is 4. The summed E-state index contributed by atoms with van der Waals surface area (Å²) in [7, 11) is 0. The Bertz CT molecular complexity index is 1040. The minimum absolute atomic E-state index is 0.0536. The van der Waals surface area contributed by atoms with Gasteiger partial charge in [0.15, 0.2) is 23.0 Å². The van der Waals surface area contributed by atoms with Crippen molar-refractivity contribution in [3.8, 4) is 0 Å². The third-order valence-corrected chi connectivity index (χ3v) is 4.49. The number of nitrogens with zero attached hydrogens (tertiary/aromatic N) is 6. The summed E-state index contributed by atoms with van der Waals surface area (Å²) < 4.78 is 0. The van der Waals surface area contributed by atoms with Gasteiger partial charge in [0.1, 0.15) is 11.6 Å². The maximum atomic E-state index is 5.80. The lowest BCUT2D eigenvalue weighted by Gasteiger charge is -2.21. The van der Waals surface area contributed by atoms with E-state index in [-0.39, 0.29) is 40.6 Å². The second-order valence-electron chi connectivity index (χ2n) is 6.58. The van der Waals surface area contributed by atoms with Crippen LogP contribution >= 0.6 is 0 Å². The molecule has 0 fully saturated rings. The van der Waals surface area contributed by atoms with Gasteiger partial charge in [0, 0.05) is 5.92 Å². The minimum atomic E-state index is -1.25. The molecule has 3 aromatic rings. The van der Waals surface area contributed by atoms with Crippen LogP contribution in [0, 0.1) is 0 Å². The lowest BCUT2D eigenvalue weighted by molar-refractivity contribution is 0.611. The molecule has 12 heteroatoms. The Kier molecular flexibility index (Phi) is 4.72. The number of aromatic amines is 2. The highest BCUT2D eigenvalue weighted by Crippen LogP contribution is 2.35. The molecule has 0 unspecified atom stereocenters. The summed E-state index contributed by atoms with van der Waals surface area (Å²) in [6.07, 6.45) is 7.46. The Morgan fingerprint density at radius 3 is 1.70 bits per heavy atom. The minimum Gasteiger partial charge on any atom is -0.382 e. The molecule has 2 aromatic heterocycles. The summed E-state index contributed by atoms with van der Waals surface area (Å²) in [6, 6.07) is 10.00. The molecular formula is C18H20N12. The number of azo groups is 2. The highest BCUT2D eigenvalue weighted by molar-refractivity contribution is 5.70. The lowest BCUT2D eigenvalue weighted by Crippen LogP contribution is -2.19. The number of hydrogen-bond acceptors (Lipinski definition) is 10. The van der Waals surface area contributed by atoms with Crippen LogP contribution < -0.4 is 22.9 Å².